The minimum atomic E-state index is -4.41. The highest BCUT2D eigenvalue weighted by atomic mass is 19.4. The van der Waals surface area contributed by atoms with Gasteiger partial charge in [-0.05, 0) is 55.6 Å². The lowest BCUT2D eigenvalue weighted by Gasteiger charge is -2.33. The maximum absolute atomic E-state index is 14.7. The number of benzene rings is 2. The Bertz CT molecular complexity index is 1230. The summed E-state index contributed by atoms with van der Waals surface area (Å²) in [5, 5.41) is 6.79. The van der Waals surface area contributed by atoms with E-state index >= 15 is 0 Å². The van der Waals surface area contributed by atoms with Crippen LogP contribution in [0.2, 0.25) is 0 Å². The summed E-state index contributed by atoms with van der Waals surface area (Å²) in [4.78, 5) is 13.8. The molecule has 5 rings (SSSR count). The Balaban J connectivity index is 1.45. The van der Waals surface area contributed by atoms with Crippen LogP contribution in [0.25, 0.3) is 22.2 Å². The Hall–Kier alpha value is -3.07. The van der Waals surface area contributed by atoms with Crippen LogP contribution < -0.4 is 10.6 Å². The number of piperidine rings is 1. The highest BCUT2D eigenvalue weighted by Crippen LogP contribution is 2.36. The minimum Gasteiger partial charge on any atom is -0.379 e. The van der Waals surface area contributed by atoms with E-state index in [2.05, 4.69) is 10.6 Å². The lowest BCUT2D eigenvalue weighted by Crippen LogP contribution is -2.46. The third-order valence-corrected chi connectivity index (χ3v) is 7.03. The number of hydrogen-bond acceptors (Lipinski definition) is 3. The monoisotopic (exact) mass is 502 g/mol. The van der Waals surface area contributed by atoms with Crippen LogP contribution in [0.5, 0.6) is 0 Å². The zero-order chi connectivity index (χ0) is 25.4. The van der Waals surface area contributed by atoms with E-state index in [-0.39, 0.29) is 11.8 Å². The average Bonchev–Trinajstić information content (AvgIpc) is 3.62. The zero-order valence-corrected chi connectivity index (χ0v) is 20.1. The molecule has 0 unspecified atom stereocenters. The van der Waals surface area contributed by atoms with Gasteiger partial charge in [-0.3, -0.25) is 4.79 Å². The number of nitrogens with zero attached hydrogens (tertiary/aromatic N) is 2. The van der Waals surface area contributed by atoms with E-state index in [1.165, 1.54) is 4.57 Å². The zero-order valence-electron chi connectivity index (χ0n) is 20.1. The third-order valence-electron chi connectivity index (χ3n) is 7.03. The molecular formula is C27H30F4N4O. The topological polar surface area (TPSA) is 49.3 Å². The van der Waals surface area contributed by atoms with Gasteiger partial charge < -0.3 is 20.1 Å². The molecular weight excluding hydrogens is 472 g/mol. The van der Waals surface area contributed by atoms with E-state index in [9.17, 15) is 22.4 Å². The number of hydrogen-bond donors (Lipinski definition) is 2. The van der Waals surface area contributed by atoms with Crippen LogP contribution in [0.15, 0.2) is 48.5 Å². The van der Waals surface area contributed by atoms with Gasteiger partial charge in [0, 0.05) is 42.3 Å². The van der Waals surface area contributed by atoms with Crippen molar-refractivity contribution in [3.8, 4) is 11.3 Å². The Morgan fingerprint density at radius 1 is 1.08 bits per heavy atom. The van der Waals surface area contributed by atoms with Crippen molar-refractivity contribution in [1.29, 1.82) is 0 Å². The van der Waals surface area contributed by atoms with Crippen molar-refractivity contribution >= 4 is 22.5 Å². The van der Waals surface area contributed by atoms with Crippen LogP contribution >= 0.6 is 0 Å². The Morgan fingerprint density at radius 2 is 1.83 bits per heavy atom. The third kappa shape index (κ3) is 5.51. The molecule has 2 fully saturated rings. The number of alkyl halides is 4. The molecule has 1 aliphatic carbocycles. The number of anilines is 1. The van der Waals surface area contributed by atoms with Crippen molar-refractivity contribution in [2.75, 3.05) is 25.5 Å². The van der Waals surface area contributed by atoms with Gasteiger partial charge in [0.25, 0.3) is 0 Å². The molecule has 0 bridgehead atoms. The van der Waals surface area contributed by atoms with E-state index < -0.39 is 24.9 Å². The molecule has 9 heteroatoms. The second-order valence-corrected chi connectivity index (χ2v) is 9.98. The van der Waals surface area contributed by atoms with E-state index in [4.69, 9.17) is 0 Å². The van der Waals surface area contributed by atoms with Gasteiger partial charge in [0.05, 0.1) is 11.6 Å². The molecule has 2 aromatic carbocycles. The predicted molar refractivity (Wildman–Crippen MR) is 132 cm³/mol. The summed E-state index contributed by atoms with van der Waals surface area (Å²) in [6.07, 6.45) is -3.01. The summed E-state index contributed by atoms with van der Waals surface area (Å²) in [6.45, 7) is 0.327. The predicted octanol–water partition coefficient (Wildman–Crippen LogP) is 5.35. The van der Waals surface area contributed by atoms with Crippen molar-refractivity contribution in [1.82, 2.24) is 14.8 Å². The van der Waals surface area contributed by atoms with E-state index in [0.29, 0.717) is 47.4 Å². The molecule has 2 N–H and O–H groups in total. The molecule has 2 atom stereocenters. The maximum atomic E-state index is 14.7. The number of halogens is 4. The van der Waals surface area contributed by atoms with Crippen LogP contribution in [0.4, 0.5) is 23.2 Å². The summed E-state index contributed by atoms with van der Waals surface area (Å²) in [5.41, 5.74) is 3.03. The average molecular weight is 503 g/mol. The van der Waals surface area contributed by atoms with E-state index in [0.717, 1.165) is 24.9 Å². The quantitative estimate of drug-likeness (QED) is 0.428. The van der Waals surface area contributed by atoms with Gasteiger partial charge >= 0.3 is 6.18 Å². The number of carbonyl (C=O) groups is 1. The molecule has 2 heterocycles. The molecule has 36 heavy (non-hydrogen) atoms. The fourth-order valence-electron chi connectivity index (χ4n) is 4.89. The Morgan fingerprint density at radius 3 is 2.50 bits per heavy atom. The maximum Gasteiger partial charge on any atom is 0.406 e. The van der Waals surface area contributed by atoms with Crippen LogP contribution in [-0.2, 0) is 17.9 Å². The molecule has 1 amide bonds. The standard InChI is InChI=1S/C27H30F4N4O/c1-34-12-11-23(21(28)15-34)33-22-3-2-4-24-20(22)13-25(35(24)16-27(29,30)31)18-7-5-17(6-8-18)14-32-26(36)19-9-10-19/h2-8,13,19,21,23,33H,9-12,14-16H2,1H3,(H,32,36)/t21-,23+/m1/s1. The number of fused-ring (bicyclic) bond motifs is 1. The molecule has 5 nitrogen and oxygen atoms in total. The van der Waals surface area contributed by atoms with Crippen LogP contribution in [0.3, 0.4) is 0 Å². The molecule has 2 aliphatic rings. The lowest BCUT2D eigenvalue weighted by atomic mass is 10.0. The van der Waals surface area contributed by atoms with E-state index in [1.807, 2.05) is 24.1 Å². The molecule has 192 valence electrons. The largest absolute Gasteiger partial charge is 0.406 e. The molecule has 1 saturated heterocycles. The number of amides is 1. The van der Waals surface area contributed by atoms with Gasteiger partial charge in [0.1, 0.15) is 12.7 Å². The molecule has 1 saturated carbocycles. The highest BCUT2D eigenvalue weighted by Gasteiger charge is 2.32. The van der Waals surface area contributed by atoms with Gasteiger partial charge in [0.15, 0.2) is 0 Å². The number of carbonyl (C=O) groups excluding carboxylic acids is 1. The van der Waals surface area contributed by atoms with Crippen molar-refractivity contribution < 1.29 is 22.4 Å². The summed E-state index contributed by atoms with van der Waals surface area (Å²) < 4.78 is 56.7. The Kier molecular flexibility index (Phi) is 6.68. The number of rotatable bonds is 7. The van der Waals surface area contributed by atoms with Gasteiger partial charge in [-0.1, -0.05) is 30.3 Å². The smallest absolute Gasteiger partial charge is 0.379 e. The molecule has 3 aromatic rings. The molecule has 0 spiro atoms. The van der Waals surface area contributed by atoms with Crippen LogP contribution in [-0.4, -0.2) is 53.9 Å². The SMILES string of the molecule is CN1CC[C@H](Nc2cccc3c2cc(-c2ccc(CNC(=O)C4CC4)cc2)n3CC(F)(F)F)[C@H](F)C1. The molecule has 1 aliphatic heterocycles. The lowest BCUT2D eigenvalue weighted by molar-refractivity contribution is -0.139. The minimum absolute atomic E-state index is 0.0459. The van der Waals surface area contributed by atoms with Crippen LogP contribution in [0.1, 0.15) is 24.8 Å². The number of likely N-dealkylation sites (tertiary alicyclic amines) is 1. The Labute approximate surface area is 207 Å². The second-order valence-electron chi connectivity index (χ2n) is 9.98. The van der Waals surface area contributed by atoms with Crippen molar-refractivity contribution in [3.05, 3.63) is 54.1 Å². The first-order valence-corrected chi connectivity index (χ1v) is 12.3. The highest BCUT2D eigenvalue weighted by molar-refractivity contribution is 5.96. The fourth-order valence-corrected chi connectivity index (χ4v) is 4.89. The summed E-state index contributed by atoms with van der Waals surface area (Å²) in [7, 11) is 1.87. The first kappa shape index (κ1) is 24.6. The van der Waals surface area contributed by atoms with Gasteiger partial charge in [-0.15, -0.1) is 0 Å². The number of aromatic nitrogens is 1. The second kappa shape index (κ2) is 9.76. The first-order chi connectivity index (χ1) is 17.2. The summed E-state index contributed by atoms with van der Waals surface area (Å²) in [5.74, 6) is 0.164. The van der Waals surface area contributed by atoms with E-state index in [1.54, 1.807) is 36.4 Å². The normalized spacial score (nSPS) is 21.0. The van der Waals surface area contributed by atoms with Gasteiger partial charge in [0.2, 0.25) is 5.91 Å². The molecule has 1 aromatic heterocycles. The number of nitrogens with one attached hydrogen (secondary N) is 2. The van der Waals surface area contributed by atoms with Crippen molar-refractivity contribution in [2.24, 2.45) is 5.92 Å². The molecule has 0 radical (unpaired) electrons. The van der Waals surface area contributed by atoms with Crippen LogP contribution in [0, 0.1) is 5.92 Å². The first-order valence-electron chi connectivity index (χ1n) is 12.3. The van der Waals surface area contributed by atoms with Crippen molar-refractivity contribution in [2.45, 2.75) is 50.7 Å². The summed E-state index contributed by atoms with van der Waals surface area (Å²) in [6, 6.07) is 13.7. The van der Waals surface area contributed by atoms with Crippen molar-refractivity contribution in [3.63, 3.8) is 0 Å². The fraction of sp³-hybridized carbons (Fsp3) is 0.444. The van der Waals surface area contributed by atoms with Gasteiger partial charge in [-0.2, -0.15) is 13.2 Å². The van der Waals surface area contributed by atoms with Gasteiger partial charge in [-0.25, -0.2) is 4.39 Å². The summed E-state index contributed by atoms with van der Waals surface area (Å²) >= 11 is 0.